The van der Waals surface area contributed by atoms with Crippen molar-refractivity contribution in [3.8, 4) is 0 Å². The molecule has 0 spiro atoms. The average Bonchev–Trinajstić information content (AvgIpc) is 3.05. The molecule has 8 atom stereocenters. The summed E-state index contributed by atoms with van der Waals surface area (Å²) in [6.07, 6.45) is 7.98. The number of halogens is 1. The monoisotopic (exact) mass is 521 g/mol. The third-order valence-corrected chi connectivity index (χ3v) is 9.07. The fourth-order valence-corrected chi connectivity index (χ4v) is 6.69. The number of esters is 1. The van der Waals surface area contributed by atoms with E-state index in [1.807, 2.05) is 39.8 Å². The molecule has 1 aromatic rings. The Morgan fingerprint density at radius 1 is 1.30 bits per heavy atom. The Labute approximate surface area is 222 Å². The topological polar surface area (TPSA) is 88.9 Å². The molecule has 2 rings (SSSR count). The molecule has 1 saturated carbocycles. The number of aliphatic hydroxyl groups is 2. The van der Waals surface area contributed by atoms with Crippen LogP contribution in [0.4, 0.5) is 4.39 Å². The van der Waals surface area contributed by atoms with E-state index in [1.165, 1.54) is 6.20 Å². The predicted octanol–water partition coefficient (Wildman–Crippen LogP) is 5.82. The summed E-state index contributed by atoms with van der Waals surface area (Å²) in [4.78, 5) is 16.9. The Morgan fingerprint density at radius 2 is 1.95 bits per heavy atom. The van der Waals surface area contributed by atoms with Crippen LogP contribution in [0.3, 0.4) is 0 Å². The number of rotatable bonds is 12. The van der Waals surface area contributed by atoms with Gasteiger partial charge >= 0.3 is 5.97 Å². The summed E-state index contributed by atoms with van der Waals surface area (Å²) in [6.45, 7) is 16.1. The molecule has 210 valence electrons. The van der Waals surface area contributed by atoms with Gasteiger partial charge in [-0.25, -0.2) is 9.18 Å². The van der Waals surface area contributed by atoms with Crippen molar-refractivity contribution in [2.75, 3.05) is 13.7 Å². The van der Waals surface area contributed by atoms with Crippen LogP contribution in [0.1, 0.15) is 85.0 Å². The van der Waals surface area contributed by atoms with Crippen LogP contribution in [0.15, 0.2) is 30.6 Å². The zero-order valence-corrected chi connectivity index (χ0v) is 24.1. The number of pyridine rings is 1. The number of nitrogens with zero attached hydrogens (tertiary/aromatic N) is 1. The van der Waals surface area contributed by atoms with Gasteiger partial charge in [-0.15, -0.1) is 0 Å². The molecule has 0 bridgehead atoms. The maximum absolute atomic E-state index is 13.7. The molecular formula is C30H48FNO5. The Bertz CT molecular complexity index is 934. The quantitative estimate of drug-likeness (QED) is 0.266. The zero-order chi connectivity index (χ0) is 28.2. The van der Waals surface area contributed by atoms with Crippen molar-refractivity contribution in [3.63, 3.8) is 0 Å². The maximum Gasteiger partial charge on any atom is 0.340 e. The van der Waals surface area contributed by atoms with Crippen molar-refractivity contribution in [2.45, 2.75) is 91.5 Å². The highest BCUT2D eigenvalue weighted by molar-refractivity contribution is 5.89. The summed E-state index contributed by atoms with van der Waals surface area (Å²) >= 11 is 0. The summed E-state index contributed by atoms with van der Waals surface area (Å²) in [5, 5.41) is 24.1. The Kier molecular flexibility index (Phi) is 10.5. The number of carbonyl (C=O) groups is 1. The van der Waals surface area contributed by atoms with Crippen LogP contribution < -0.4 is 0 Å². The summed E-state index contributed by atoms with van der Waals surface area (Å²) in [5.41, 5.74) is -3.62. The molecule has 0 radical (unpaired) electrons. The highest BCUT2D eigenvalue weighted by Gasteiger charge is 2.62. The van der Waals surface area contributed by atoms with Gasteiger partial charge in [-0.1, -0.05) is 46.8 Å². The van der Waals surface area contributed by atoms with Crippen molar-refractivity contribution in [1.29, 1.82) is 0 Å². The van der Waals surface area contributed by atoms with E-state index in [0.717, 1.165) is 18.7 Å². The van der Waals surface area contributed by atoms with Gasteiger partial charge in [0.05, 0.1) is 24.0 Å². The average molecular weight is 522 g/mol. The molecule has 1 heterocycles. The molecule has 37 heavy (non-hydrogen) atoms. The van der Waals surface area contributed by atoms with E-state index in [2.05, 4.69) is 25.8 Å². The Hall–Kier alpha value is -1.83. The van der Waals surface area contributed by atoms with Crippen LogP contribution in [0.5, 0.6) is 0 Å². The largest absolute Gasteiger partial charge is 0.455 e. The van der Waals surface area contributed by atoms with E-state index in [9.17, 15) is 19.4 Å². The first-order valence-corrected chi connectivity index (χ1v) is 13.5. The molecule has 2 N–H and O–H groups in total. The number of hydrogen-bond acceptors (Lipinski definition) is 6. The molecule has 1 aliphatic carbocycles. The second-order valence-corrected chi connectivity index (χ2v) is 12.0. The molecule has 1 aliphatic rings. The number of carbonyl (C=O) groups excluding carboxylic acids is 1. The lowest BCUT2D eigenvalue weighted by atomic mass is 9.62. The third kappa shape index (κ3) is 6.43. The molecule has 7 heteroatoms. The molecule has 0 aromatic carbocycles. The van der Waals surface area contributed by atoms with Gasteiger partial charge in [-0.2, -0.15) is 0 Å². The minimum atomic E-state index is -1.41. The molecule has 6 nitrogen and oxygen atoms in total. The first-order valence-electron chi connectivity index (χ1n) is 13.5. The number of hydrogen-bond donors (Lipinski definition) is 2. The van der Waals surface area contributed by atoms with Crippen LogP contribution in [0, 0.1) is 41.3 Å². The van der Waals surface area contributed by atoms with Crippen LogP contribution in [-0.2, 0) is 9.47 Å². The van der Waals surface area contributed by atoms with Gasteiger partial charge in [0.25, 0.3) is 0 Å². The van der Waals surface area contributed by atoms with Crippen molar-refractivity contribution < 1.29 is 28.9 Å². The van der Waals surface area contributed by atoms with Crippen molar-refractivity contribution in [3.05, 3.63) is 42.0 Å². The second-order valence-electron chi connectivity index (χ2n) is 12.0. The SMILES string of the molecule is C/C=C\C[C@](C)(OC(=O)c1cncc(F)c1)C(C[C@@H](C)[C@](C)(O)C1(O)C(C)C[C@H](C)[C@@H]1COC)C(C)C. The summed E-state index contributed by atoms with van der Waals surface area (Å²) in [6, 6.07) is 1.12. The van der Waals surface area contributed by atoms with Crippen molar-refractivity contribution in [2.24, 2.45) is 35.5 Å². The number of methoxy groups -OCH3 is 1. The van der Waals surface area contributed by atoms with Gasteiger partial charge in [-0.3, -0.25) is 4.98 Å². The Morgan fingerprint density at radius 3 is 2.49 bits per heavy atom. The number of ether oxygens (including phenoxy) is 2. The normalized spacial score (nSPS) is 29.2. The minimum Gasteiger partial charge on any atom is -0.455 e. The van der Waals surface area contributed by atoms with Crippen LogP contribution >= 0.6 is 0 Å². The molecule has 1 aromatic heterocycles. The van der Waals surface area contributed by atoms with Gasteiger partial charge in [0.15, 0.2) is 0 Å². The predicted molar refractivity (Wildman–Crippen MR) is 143 cm³/mol. The van der Waals surface area contributed by atoms with Crippen molar-refractivity contribution in [1.82, 2.24) is 4.98 Å². The standard InChI is InChI=1S/C30H48FNO5/c1-10-11-12-28(7,37-27(33)23-15-24(31)17-32-16-23)25(19(2)3)14-21(5)29(8,34)30(35)22(6)13-20(4)26(30)18-36-9/h10-11,15-17,19-22,25-26,34-35H,12-14,18H2,1-9H3/b11-10-/t20-,21+,22?,25?,26-,28-,29-,30?/m0/s1. The molecular weight excluding hydrogens is 473 g/mol. The first kappa shape index (κ1) is 31.4. The lowest BCUT2D eigenvalue weighted by Crippen LogP contribution is -2.63. The first-order chi connectivity index (χ1) is 17.1. The highest BCUT2D eigenvalue weighted by Crippen LogP contribution is 2.53. The fraction of sp³-hybridized carbons (Fsp3) is 0.733. The lowest BCUT2D eigenvalue weighted by molar-refractivity contribution is -0.217. The lowest BCUT2D eigenvalue weighted by Gasteiger charge is -2.51. The van der Waals surface area contributed by atoms with Gasteiger partial charge in [0, 0.05) is 31.6 Å². The van der Waals surface area contributed by atoms with Crippen molar-refractivity contribution >= 4 is 5.97 Å². The van der Waals surface area contributed by atoms with Gasteiger partial charge in [-0.05, 0) is 63.4 Å². The number of allylic oxidation sites excluding steroid dienone is 1. The van der Waals surface area contributed by atoms with E-state index in [-0.39, 0.29) is 41.1 Å². The third-order valence-electron chi connectivity index (χ3n) is 9.07. The smallest absolute Gasteiger partial charge is 0.340 e. The van der Waals surface area contributed by atoms with E-state index >= 15 is 0 Å². The summed E-state index contributed by atoms with van der Waals surface area (Å²) in [7, 11) is 1.62. The van der Waals surface area contributed by atoms with Gasteiger partial charge in [0.2, 0.25) is 0 Å². The highest BCUT2D eigenvalue weighted by atomic mass is 19.1. The van der Waals surface area contributed by atoms with Crippen LogP contribution in [0.25, 0.3) is 0 Å². The summed E-state index contributed by atoms with van der Waals surface area (Å²) < 4.78 is 25.3. The molecule has 3 unspecified atom stereocenters. The zero-order valence-electron chi connectivity index (χ0n) is 24.1. The molecule has 1 fully saturated rings. The van der Waals surface area contributed by atoms with Crippen LogP contribution in [0.2, 0.25) is 0 Å². The fourth-order valence-electron chi connectivity index (χ4n) is 6.69. The summed E-state index contributed by atoms with van der Waals surface area (Å²) in [5.74, 6) is -1.72. The van der Waals surface area contributed by atoms with E-state index < -0.39 is 28.6 Å². The Balaban J connectivity index is 2.41. The number of aromatic nitrogens is 1. The second kappa shape index (κ2) is 12.4. The minimum absolute atomic E-state index is 0.0553. The van der Waals surface area contributed by atoms with Gasteiger partial charge < -0.3 is 19.7 Å². The molecule has 0 aliphatic heterocycles. The van der Waals surface area contributed by atoms with E-state index in [1.54, 1.807) is 14.0 Å². The van der Waals surface area contributed by atoms with Gasteiger partial charge in [0.1, 0.15) is 17.0 Å². The van der Waals surface area contributed by atoms with E-state index in [0.29, 0.717) is 19.4 Å². The molecule has 0 amide bonds. The molecule has 0 saturated heterocycles. The van der Waals surface area contributed by atoms with E-state index in [4.69, 9.17) is 9.47 Å². The van der Waals surface area contributed by atoms with Crippen LogP contribution in [-0.4, -0.2) is 51.7 Å². The maximum atomic E-state index is 13.7.